The van der Waals surface area contributed by atoms with Gasteiger partial charge < -0.3 is 15.3 Å². The normalized spacial score (nSPS) is 25.0. The van der Waals surface area contributed by atoms with Gasteiger partial charge in [0, 0.05) is 34.6 Å². The second-order valence-electron chi connectivity index (χ2n) is 8.77. The van der Waals surface area contributed by atoms with Crippen LogP contribution in [0.3, 0.4) is 0 Å². The molecule has 2 fully saturated rings. The van der Waals surface area contributed by atoms with E-state index in [0.29, 0.717) is 0 Å². The van der Waals surface area contributed by atoms with Crippen LogP contribution < -0.4 is 5.32 Å². The Balaban J connectivity index is 1.51. The number of carbonyl (C=O) groups is 2. The number of rotatable bonds is 2. The molecule has 2 saturated heterocycles. The highest BCUT2D eigenvalue weighted by Gasteiger charge is 2.43. The van der Waals surface area contributed by atoms with Crippen LogP contribution in [0.25, 0.3) is 10.9 Å². The maximum absolute atomic E-state index is 12.5. The largest absolute Gasteiger partial charge is 0.465 e. The number of anilines is 1. The van der Waals surface area contributed by atoms with E-state index in [9.17, 15) is 14.7 Å². The van der Waals surface area contributed by atoms with Crippen molar-refractivity contribution in [2.24, 2.45) is 5.41 Å². The van der Waals surface area contributed by atoms with Crippen molar-refractivity contribution in [1.82, 2.24) is 14.7 Å². The fourth-order valence-electron chi connectivity index (χ4n) is 4.45. The average molecular weight is 370 g/mol. The molecule has 0 saturated carbocycles. The number of piperidine rings is 1. The van der Waals surface area contributed by atoms with Crippen LogP contribution in [0.15, 0.2) is 24.4 Å². The SMILES string of the molecule is CC(C)(C)C(=O)n1ncc2cc(NC3CC4CCC(C3)N4C(=O)O)ccc21. The topological polar surface area (TPSA) is 87.5 Å². The van der Waals surface area contributed by atoms with Crippen molar-refractivity contribution in [3.63, 3.8) is 0 Å². The fraction of sp³-hybridized carbons (Fsp3) is 0.550. The Morgan fingerprint density at radius 2 is 1.85 bits per heavy atom. The second-order valence-corrected chi connectivity index (χ2v) is 8.77. The molecule has 2 aliphatic rings. The van der Waals surface area contributed by atoms with E-state index in [1.54, 1.807) is 11.1 Å². The molecule has 0 radical (unpaired) electrons. The van der Waals surface area contributed by atoms with Gasteiger partial charge in [0.2, 0.25) is 0 Å². The molecule has 1 amide bonds. The molecule has 0 spiro atoms. The van der Waals surface area contributed by atoms with E-state index >= 15 is 0 Å². The predicted octanol–water partition coefficient (Wildman–Crippen LogP) is 3.81. The minimum atomic E-state index is -0.793. The van der Waals surface area contributed by atoms with Crippen LogP contribution in [0.2, 0.25) is 0 Å². The van der Waals surface area contributed by atoms with E-state index in [-0.39, 0.29) is 24.0 Å². The lowest BCUT2D eigenvalue weighted by Crippen LogP contribution is -2.49. The van der Waals surface area contributed by atoms with Crippen LogP contribution >= 0.6 is 0 Å². The summed E-state index contributed by atoms with van der Waals surface area (Å²) in [5.41, 5.74) is 1.30. The molecule has 1 aromatic carbocycles. The summed E-state index contributed by atoms with van der Waals surface area (Å²) in [6.07, 6.45) is 4.51. The molecule has 2 atom stereocenters. The van der Waals surface area contributed by atoms with E-state index in [1.807, 2.05) is 39.0 Å². The first kappa shape index (κ1) is 17.8. The highest BCUT2D eigenvalue weighted by molar-refractivity contribution is 5.94. The van der Waals surface area contributed by atoms with Gasteiger partial charge in [-0.1, -0.05) is 20.8 Å². The van der Waals surface area contributed by atoms with Crippen LogP contribution in [0, 0.1) is 5.41 Å². The lowest BCUT2D eigenvalue weighted by atomic mass is 9.96. The molecule has 0 aliphatic carbocycles. The van der Waals surface area contributed by atoms with Crippen molar-refractivity contribution < 1.29 is 14.7 Å². The molecule has 2 unspecified atom stereocenters. The number of benzene rings is 1. The van der Waals surface area contributed by atoms with Crippen molar-refractivity contribution >= 4 is 28.6 Å². The molecule has 2 aliphatic heterocycles. The summed E-state index contributed by atoms with van der Waals surface area (Å²) in [6, 6.07) is 6.42. The number of hydrogen-bond donors (Lipinski definition) is 2. The fourth-order valence-corrected chi connectivity index (χ4v) is 4.45. The van der Waals surface area contributed by atoms with Crippen LogP contribution in [-0.4, -0.2) is 49.9 Å². The molecule has 1 aromatic heterocycles. The number of nitrogens with one attached hydrogen (secondary N) is 1. The third-order valence-electron chi connectivity index (χ3n) is 5.73. The molecule has 144 valence electrons. The Morgan fingerprint density at radius 1 is 1.19 bits per heavy atom. The Labute approximate surface area is 158 Å². The average Bonchev–Trinajstić information content (AvgIpc) is 3.12. The molecular formula is C20H26N4O3. The molecular weight excluding hydrogens is 344 g/mol. The highest BCUT2D eigenvalue weighted by Crippen LogP contribution is 2.37. The minimum Gasteiger partial charge on any atom is -0.465 e. The van der Waals surface area contributed by atoms with Gasteiger partial charge in [-0.3, -0.25) is 4.79 Å². The van der Waals surface area contributed by atoms with Gasteiger partial charge in [0.05, 0.1) is 11.7 Å². The van der Waals surface area contributed by atoms with Gasteiger partial charge in [-0.05, 0) is 43.9 Å². The first-order chi connectivity index (χ1) is 12.7. The second kappa shape index (κ2) is 6.25. The summed E-state index contributed by atoms with van der Waals surface area (Å²) >= 11 is 0. The van der Waals surface area contributed by atoms with Gasteiger partial charge in [-0.2, -0.15) is 9.78 Å². The molecule has 27 heavy (non-hydrogen) atoms. The lowest BCUT2D eigenvalue weighted by Gasteiger charge is -2.37. The quantitative estimate of drug-likeness (QED) is 0.839. The van der Waals surface area contributed by atoms with Gasteiger partial charge in [-0.25, -0.2) is 4.79 Å². The standard InChI is InChI=1S/C20H26N4O3/c1-20(2,3)18(25)24-17-7-4-13(8-12(17)11-21-24)22-14-9-15-5-6-16(10-14)23(15)19(26)27/h4,7-8,11,14-16,22H,5-6,9-10H2,1-3H3,(H,26,27). The molecule has 2 bridgehead atoms. The zero-order valence-electron chi connectivity index (χ0n) is 16.0. The zero-order chi connectivity index (χ0) is 19.3. The van der Waals surface area contributed by atoms with Crippen molar-refractivity contribution in [3.8, 4) is 0 Å². The highest BCUT2D eigenvalue weighted by atomic mass is 16.4. The molecule has 2 aromatic rings. The maximum Gasteiger partial charge on any atom is 0.407 e. The number of nitrogens with zero attached hydrogens (tertiary/aromatic N) is 3. The number of aromatic nitrogens is 2. The first-order valence-corrected chi connectivity index (χ1v) is 9.54. The van der Waals surface area contributed by atoms with Crippen molar-refractivity contribution in [2.45, 2.75) is 64.6 Å². The molecule has 7 heteroatoms. The summed E-state index contributed by atoms with van der Waals surface area (Å²) in [6.45, 7) is 5.66. The first-order valence-electron chi connectivity index (χ1n) is 9.54. The lowest BCUT2D eigenvalue weighted by molar-refractivity contribution is 0.0755. The van der Waals surface area contributed by atoms with Crippen LogP contribution in [-0.2, 0) is 0 Å². The summed E-state index contributed by atoms with van der Waals surface area (Å²) in [7, 11) is 0. The van der Waals surface area contributed by atoms with Crippen LogP contribution in [0.1, 0.15) is 51.2 Å². The third kappa shape index (κ3) is 3.15. The summed E-state index contributed by atoms with van der Waals surface area (Å²) in [4.78, 5) is 25.6. The smallest absolute Gasteiger partial charge is 0.407 e. The van der Waals surface area contributed by atoms with Gasteiger partial charge in [0.25, 0.3) is 5.91 Å². The van der Waals surface area contributed by atoms with Gasteiger partial charge in [0.1, 0.15) is 0 Å². The van der Waals surface area contributed by atoms with Gasteiger partial charge in [-0.15, -0.1) is 0 Å². The number of carbonyl (C=O) groups excluding carboxylic acids is 1. The number of hydrogen-bond acceptors (Lipinski definition) is 4. The Bertz CT molecular complexity index is 884. The summed E-state index contributed by atoms with van der Waals surface area (Å²) in [5, 5.41) is 18.1. The maximum atomic E-state index is 12.5. The van der Waals surface area contributed by atoms with Crippen molar-refractivity contribution in [2.75, 3.05) is 5.32 Å². The van der Waals surface area contributed by atoms with E-state index in [1.165, 1.54) is 4.68 Å². The van der Waals surface area contributed by atoms with Crippen molar-refractivity contribution in [3.05, 3.63) is 24.4 Å². The van der Waals surface area contributed by atoms with Gasteiger partial charge in [0.15, 0.2) is 0 Å². The van der Waals surface area contributed by atoms with E-state index in [4.69, 9.17) is 0 Å². The van der Waals surface area contributed by atoms with Crippen LogP contribution in [0.4, 0.5) is 10.5 Å². The Kier molecular flexibility index (Phi) is 4.13. The van der Waals surface area contributed by atoms with Crippen LogP contribution in [0.5, 0.6) is 0 Å². The Morgan fingerprint density at radius 3 is 2.44 bits per heavy atom. The number of amides is 1. The van der Waals surface area contributed by atoms with E-state index in [2.05, 4.69) is 10.4 Å². The van der Waals surface area contributed by atoms with Gasteiger partial charge >= 0.3 is 6.09 Å². The minimum absolute atomic E-state index is 0.0316. The monoisotopic (exact) mass is 370 g/mol. The summed E-state index contributed by atoms with van der Waals surface area (Å²) < 4.78 is 1.48. The molecule has 4 rings (SSSR count). The molecule has 3 heterocycles. The van der Waals surface area contributed by atoms with E-state index in [0.717, 1.165) is 42.3 Å². The number of carboxylic acid groups (broad SMARTS) is 1. The number of fused-ring (bicyclic) bond motifs is 3. The zero-order valence-corrected chi connectivity index (χ0v) is 16.0. The Hall–Kier alpha value is -2.57. The third-order valence-corrected chi connectivity index (χ3v) is 5.73. The van der Waals surface area contributed by atoms with E-state index < -0.39 is 11.5 Å². The summed E-state index contributed by atoms with van der Waals surface area (Å²) in [5.74, 6) is -0.0316. The molecule has 2 N–H and O–H groups in total. The van der Waals surface area contributed by atoms with Crippen molar-refractivity contribution in [1.29, 1.82) is 0 Å². The predicted molar refractivity (Wildman–Crippen MR) is 103 cm³/mol. The molecule has 7 nitrogen and oxygen atoms in total.